The molecule has 1 fully saturated rings. The maximum Gasteiger partial charge on any atom is 0.416 e. The number of nitrogens with zero attached hydrogens (tertiary/aromatic N) is 1. The van der Waals surface area contributed by atoms with E-state index in [1.165, 1.54) is 6.07 Å². The fraction of sp³-hybridized carbons (Fsp3) is 0.381. The Morgan fingerprint density at radius 3 is 2.22 bits per heavy atom. The van der Waals surface area contributed by atoms with Crippen molar-refractivity contribution in [3.05, 3.63) is 71.3 Å². The van der Waals surface area contributed by atoms with E-state index in [9.17, 15) is 18.0 Å². The molecule has 2 aromatic rings. The molecule has 0 aliphatic carbocycles. The van der Waals surface area contributed by atoms with Gasteiger partial charge in [-0.1, -0.05) is 48.5 Å². The summed E-state index contributed by atoms with van der Waals surface area (Å²) in [5.41, 5.74) is 0.575. The first-order chi connectivity index (χ1) is 12.9. The van der Waals surface area contributed by atoms with Gasteiger partial charge in [0.15, 0.2) is 0 Å². The van der Waals surface area contributed by atoms with E-state index in [0.29, 0.717) is 31.5 Å². The SMILES string of the molecule is O=C(O)CN1CCC(C(c2ccccc2)c2ccccc2C(F)(F)F)CC1. The third-order valence-corrected chi connectivity index (χ3v) is 5.22. The molecular formula is C21H22F3NO2. The molecular weight excluding hydrogens is 355 g/mol. The molecule has 1 saturated heterocycles. The van der Waals surface area contributed by atoms with Crippen LogP contribution in [0.2, 0.25) is 0 Å². The summed E-state index contributed by atoms with van der Waals surface area (Å²) in [5.74, 6) is -1.22. The molecule has 3 rings (SSSR count). The molecule has 0 radical (unpaired) electrons. The van der Waals surface area contributed by atoms with Gasteiger partial charge in [0.05, 0.1) is 12.1 Å². The van der Waals surface area contributed by atoms with Crippen molar-refractivity contribution in [1.82, 2.24) is 4.90 Å². The Kier molecular flexibility index (Phi) is 5.85. The standard InChI is InChI=1S/C21H22F3NO2/c22-21(23,24)18-9-5-4-8-17(18)20(15-6-2-1-3-7-15)16-10-12-25(13-11-16)14-19(26)27/h1-9,16,20H,10-14H2,(H,26,27). The number of likely N-dealkylation sites (tertiary alicyclic amines) is 1. The monoisotopic (exact) mass is 377 g/mol. The summed E-state index contributed by atoms with van der Waals surface area (Å²) in [6.45, 7) is 1.13. The highest BCUT2D eigenvalue weighted by Crippen LogP contribution is 2.43. The lowest BCUT2D eigenvalue weighted by Crippen LogP contribution is -2.39. The number of aliphatic carboxylic acids is 1. The minimum Gasteiger partial charge on any atom is -0.480 e. The van der Waals surface area contributed by atoms with E-state index in [0.717, 1.165) is 11.6 Å². The van der Waals surface area contributed by atoms with Crippen molar-refractivity contribution in [2.75, 3.05) is 19.6 Å². The fourth-order valence-electron chi connectivity index (χ4n) is 4.03. The third kappa shape index (κ3) is 4.69. The van der Waals surface area contributed by atoms with Crippen LogP contribution >= 0.6 is 0 Å². The average Bonchev–Trinajstić information content (AvgIpc) is 2.63. The second-order valence-corrected chi connectivity index (χ2v) is 6.98. The Bertz CT molecular complexity index is 768. The van der Waals surface area contributed by atoms with Gasteiger partial charge >= 0.3 is 12.1 Å². The number of hydrogen-bond acceptors (Lipinski definition) is 2. The molecule has 0 spiro atoms. The van der Waals surface area contributed by atoms with Crippen LogP contribution in [0.5, 0.6) is 0 Å². The van der Waals surface area contributed by atoms with E-state index in [1.807, 2.05) is 35.2 Å². The molecule has 2 aromatic carbocycles. The van der Waals surface area contributed by atoms with Crippen molar-refractivity contribution in [2.24, 2.45) is 5.92 Å². The largest absolute Gasteiger partial charge is 0.480 e. The summed E-state index contributed by atoms with van der Waals surface area (Å²) >= 11 is 0. The number of carbonyl (C=O) groups is 1. The van der Waals surface area contributed by atoms with Gasteiger partial charge in [-0.25, -0.2) is 0 Å². The number of benzene rings is 2. The number of halogens is 3. The summed E-state index contributed by atoms with van der Waals surface area (Å²) in [5, 5.41) is 8.96. The first-order valence-electron chi connectivity index (χ1n) is 9.01. The molecule has 1 aliphatic heterocycles. The van der Waals surface area contributed by atoms with E-state index in [4.69, 9.17) is 5.11 Å². The van der Waals surface area contributed by atoms with Crippen molar-refractivity contribution in [1.29, 1.82) is 0 Å². The summed E-state index contributed by atoms with van der Waals surface area (Å²) in [6.07, 6.45) is -3.08. The number of piperidine rings is 1. The number of carboxylic acids is 1. The quantitative estimate of drug-likeness (QED) is 0.826. The van der Waals surface area contributed by atoms with Crippen LogP contribution in [0, 0.1) is 5.92 Å². The second-order valence-electron chi connectivity index (χ2n) is 6.98. The Labute approximate surface area is 156 Å². The predicted molar refractivity (Wildman–Crippen MR) is 96.5 cm³/mol. The maximum atomic E-state index is 13.6. The summed E-state index contributed by atoms with van der Waals surface area (Å²) in [6, 6.07) is 15.1. The van der Waals surface area contributed by atoms with Crippen LogP contribution in [0.1, 0.15) is 35.4 Å². The lowest BCUT2D eigenvalue weighted by Gasteiger charge is -2.36. The molecule has 1 heterocycles. The normalized spacial score (nSPS) is 17.6. The zero-order chi connectivity index (χ0) is 19.4. The minimum atomic E-state index is -4.41. The smallest absolute Gasteiger partial charge is 0.416 e. The lowest BCUT2D eigenvalue weighted by molar-refractivity contribution is -0.139. The summed E-state index contributed by atoms with van der Waals surface area (Å²) in [7, 11) is 0. The highest BCUT2D eigenvalue weighted by molar-refractivity contribution is 5.69. The molecule has 0 amide bonds. The first-order valence-corrected chi connectivity index (χ1v) is 9.01. The number of rotatable bonds is 5. The van der Waals surface area contributed by atoms with E-state index in [2.05, 4.69) is 0 Å². The molecule has 0 aromatic heterocycles. The van der Waals surface area contributed by atoms with Crippen LogP contribution in [0.25, 0.3) is 0 Å². The Balaban J connectivity index is 1.94. The molecule has 0 bridgehead atoms. The van der Waals surface area contributed by atoms with Gasteiger partial charge in [-0.05, 0) is 49.0 Å². The number of carboxylic acid groups (broad SMARTS) is 1. The maximum absolute atomic E-state index is 13.6. The van der Waals surface area contributed by atoms with Crippen molar-refractivity contribution in [2.45, 2.75) is 24.9 Å². The van der Waals surface area contributed by atoms with Gasteiger partial charge in [-0.3, -0.25) is 9.69 Å². The Morgan fingerprint density at radius 2 is 1.63 bits per heavy atom. The van der Waals surface area contributed by atoms with Crippen molar-refractivity contribution < 1.29 is 23.1 Å². The number of alkyl halides is 3. The van der Waals surface area contributed by atoms with Gasteiger partial charge in [0.1, 0.15) is 0 Å². The zero-order valence-corrected chi connectivity index (χ0v) is 14.8. The molecule has 1 unspecified atom stereocenters. The van der Waals surface area contributed by atoms with Gasteiger partial charge < -0.3 is 5.11 Å². The molecule has 27 heavy (non-hydrogen) atoms. The van der Waals surface area contributed by atoms with Gasteiger partial charge in [-0.2, -0.15) is 13.2 Å². The van der Waals surface area contributed by atoms with Crippen LogP contribution in [-0.2, 0) is 11.0 Å². The van der Waals surface area contributed by atoms with E-state index in [1.54, 1.807) is 12.1 Å². The second kappa shape index (κ2) is 8.13. The molecule has 3 nitrogen and oxygen atoms in total. The molecule has 0 saturated carbocycles. The third-order valence-electron chi connectivity index (χ3n) is 5.22. The van der Waals surface area contributed by atoms with Crippen LogP contribution in [-0.4, -0.2) is 35.6 Å². The van der Waals surface area contributed by atoms with Crippen LogP contribution in [0.4, 0.5) is 13.2 Å². The first kappa shape index (κ1) is 19.4. The van der Waals surface area contributed by atoms with Gasteiger partial charge in [0.2, 0.25) is 0 Å². The Morgan fingerprint density at radius 1 is 1.04 bits per heavy atom. The van der Waals surface area contributed by atoms with Crippen LogP contribution in [0.15, 0.2) is 54.6 Å². The van der Waals surface area contributed by atoms with Crippen LogP contribution < -0.4 is 0 Å². The van der Waals surface area contributed by atoms with Gasteiger partial charge in [0, 0.05) is 5.92 Å². The topological polar surface area (TPSA) is 40.5 Å². The molecule has 144 valence electrons. The van der Waals surface area contributed by atoms with Gasteiger partial charge in [0.25, 0.3) is 0 Å². The highest BCUT2D eigenvalue weighted by Gasteiger charge is 2.38. The average molecular weight is 377 g/mol. The van der Waals surface area contributed by atoms with E-state index >= 15 is 0 Å². The Hall–Kier alpha value is -2.34. The number of hydrogen-bond donors (Lipinski definition) is 1. The fourth-order valence-corrected chi connectivity index (χ4v) is 4.03. The lowest BCUT2D eigenvalue weighted by atomic mass is 9.74. The summed E-state index contributed by atoms with van der Waals surface area (Å²) < 4.78 is 40.9. The van der Waals surface area contributed by atoms with E-state index < -0.39 is 17.7 Å². The van der Waals surface area contributed by atoms with Crippen LogP contribution in [0.3, 0.4) is 0 Å². The zero-order valence-electron chi connectivity index (χ0n) is 14.8. The molecule has 1 N–H and O–H groups in total. The predicted octanol–water partition coefficient (Wildman–Crippen LogP) is 4.63. The van der Waals surface area contributed by atoms with Crippen molar-refractivity contribution in [3.63, 3.8) is 0 Å². The minimum absolute atomic E-state index is 0.0259. The molecule has 6 heteroatoms. The van der Waals surface area contributed by atoms with Crippen molar-refractivity contribution >= 4 is 5.97 Å². The molecule has 1 aliphatic rings. The van der Waals surface area contributed by atoms with Crippen molar-refractivity contribution in [3.8, 4) is 0 Å². The van der Waals surface area contributed by atoms with Gasteiger partial charge in [-0.15, -0.1) is 0 Å². The summed E-state index contributed by atoms with van der Waals surface area (Å²) in [4.78, 5) is 12.8. The molecule has 1 atom stereocenters. The van der Waals surface area contributed by atoms with E-state index in [-0.39, 0.29) is 18.4 Å². The highest BCUT2D eigenvalue weighted by atomic mass is 19.4.